The second-order valence-electron chi connectivity index (χ2n) is 20.5. The second-order valence-corrected chi connectivity index (χ2v) is 20.5. The zero-order chi connectivity index (χ0) is 36.3. The summed E-state index contributed by atoms with van der Waals surface area (Å²) in [5, 5.41) is 0. The van der Waals surface area contributed by atoms with Crippen LogP contribution in [0.1, 0.15) is 115 Å². The molecule has 0 N–H and O–H groups in total. The molecule has 2 spiro atoms. The van der Waals surface area contributed by atoms with Crippen molar-refractivity contribution in [3.8, 4) is 22.3 Å². The van der Waals surface area contributed by atoms with Crippen LogP contribution in [-0.2, 0) is 21.7 Å². The van der Waals surface area contributed by atoms with E-state index in [1.54, 1.807) is 11.1 Å². The van der Waals surface area contributed by atoms with Gasteiger partial charge < -0.3 is 4.90 Å². The van der Waals surface area contributed by atoms with Crippen molar-refractivity contribution in [2.45, 2.75) is 109 Å². The Morgan fingerprint density at radius 3 is 1.96 bits per heavy atom. The summed E-state index contributed by atoms with van der Waals surface area (Å²) in [7, 11) is 0. The molecule has 4 fully saturated rings. The first kappa shape index (κ1) is 32.3. The van der Waals surface area contributed by atoms with Crippen LogP contribution in [0.2, 0.25) is 0 Å². The van der Waals surface area contributed by atoms with Crippen LogP contribution in [0.15, 0.2) is 109 Å². The maximum absolute atomic E-state index is 2.64. The third kappa shape index (κ3) is 4.05. The van der Waals surface area contributed by atoms with Gasteiger partial charge in [-0.25, -0.2) is 0 Å². The van der Waals surface area contributed by atoms with Crippen molar-refractivity contribution in [2.75, 3.05) is 4.90 Å². The average Bonchev–Trinajstić information content (AvgIpc) is 3.77. The Labute approximate surface area is 317 Å². The van der Waals surface area contributed by atoms with Crippen molar-refractivity contribution in [3.05, 3.63) is 137 Å². The predicted molar refractivity (Wildman–Crippen MR) is 222 cm³/mol. The van der Waals surface area contributed by atoms with Gasteiger partial charge in [0.05, 0.1) is 5.69 Å². The highest BCUT2D eigenvalue weighted by atomic mass is 15.1. The molecule has 5 aromatic rings. The van der Waals surface area contributed by atoms with Crippen LogP contribution in [-0.4, -0.2) is 0 Å². The van der Waals surface area contributed by atoms with Gasteiger partial charge in [-0.2, -0.15) is 0 Å². The lowest BCUT2D eigenvalue weighted by atomic mass is 9.27. The van der Waals surface area contributed by atoms with E-state index >= 15 is 0 Å². The fourth-order valence-corrected chi connectivity index (χ4v) is 13.7. The summed E-state index contributed by atoms with van der Waals surface area (Å²) in [4.78, 5) is 2.54. The fourth-order valence-electron chi connectivity index (χ4n) is 13.7. The van der Waals surface area contributed by atoms with Crippen molar-refractivity contribution >= 4 is 17.1 Å². The highest BCUT2D eigenvalue weighted by molar-refractivity contribution is 5.87. The van der Waals surface area contributed by atoms with Gasteiger partial charge in [-0.15, -0.1) is 0 Å². The predicted octanol–water partition coefficient (Wildman–Crippen LogP) is 13.8. The van der Waals surface area contributed by atoms with E-state index < -0.39 is 0 Å². The molecule has 0 saturated heterocycles. The van der Waals surface area contributed by atoms with Gasteiger partial charge in [-0.1, -0.05) is 121 Å². The number of fused-ring (bicyclic) bond motifs is 9. The highest BCUT2D eigenvalue weighted by Crippen LogP contribution is 2.89. The Hall–Kier alpha value is -4.10. The molecule has 6 aliphatic rings. The molecule has 2 bridgehead atoms. The summed E-state index contributed by atoms with van der Waals surface area (Å²) >= 11 is 0. The number of nitrogens with zero attached hydrogens (tertiary/aromatic N) is 1. The molecule has 5 aromatic carbocycles. The van der Waals surface area contributed by atoms with Crippen LogP contribution < -0.4 is 4.90 Å². The highest BCUT2D eigenvalue weighted by Gasteiger charge is 2.84. The molecule has 53 heavy (non-hydrogen) atoms. The molecule has 0 aromatic heterocycles. The molecule has 268 valence electrons. The van der Waals surface area contributed by atoms with E-state index in [1.165, 1.54) is 94.5 Å². The Bertz CT molecular complexity index is 2320. The molecular formula is C52H55N. The van der Waals surface area contributed by atoms with E-state index in [0.29, 0.717) is 5.41 Å². The van der Waals surface area contributed by atoms with E-state index in [1.807, 2.05) is 0 Å². The van der Waals surface area contributed by atoms with E-state index in [0.717, 1.165) is 23.7 Å². The van der Waals surface area contributed by atoms with Gasteiger partial charge in [0.2, 0.25) is 0 Å². The smallest absolute Gasteiger partial charge is 0.0502 e. The largest absolute Gasteiger partial charge is 0.310 e. The molecule has 1 nitrogen and oxygen atoms in total. The normalized spacial score (nSPS) is 30.2. The summed E-state index contributed by atoms with van der Waals surface area (Å²) in [5.41, 5.74) is 18.4. The summed E-state index contributed by atoms with van der Waals surface area (Å²) < 4.78 is 0. The first-order valence-electron chi connectivity index (χ1n) is 20.7. The minimum absolute atomic E-state index is 0.0856. The first-order valence-corrected chi connectivity index (χ1v) is 20.7. The quantitative estimate of drug-likeness (QED) is 0.181. The van der Waals surface area contributed by atoms with Crippen LogP contribution in [0, 0.1) is 29.1 Å². The third-order valence-electron chi connectivity index (χ3n) is 16.1. The lowest BCUT2D eigenvalue weighted by Gasteiger charge is -2.76. The van der Waals surface area contributed by atoms with Gasteiger partial charge in [-0.3, -0.25) is 0 Å². The standard InChI is InChI=1S/C52H55N/c1-48(2,3)35-18-22-38(23-19-35)53(44-14-10-13-42-47(44)50(6,7)26-25-49(42,4)5)37-20-15-33(16-21-37)34-17-24-40-39-11-8-9-12-41(39)52(43(40)29-34)45-28-32-27-36-30-46(52)51(36,45)31-32/h8-24,29,32,36,45-46H,25-28,30-31H2,1-7H3. The topological polar surface area (TPSA) is 3.24 Å². The maximum atomic E-state index is 2.64. The molecule has 11 rings (SSSR count). The Balaban J connectivity index is 1.02. The molecular weight excluding hydrogens is 639 g/mol. The van der Waals surface area contributed by atoms with Crippen LogP contribution in [0.25, 0.3) is 22.3 Å². The molecule has 4 saturated carbocycles. The fraction of sp³-hybridized carbons (Fsp3) is 0.423. The van der Waals surface area contributed by atoms with E-state index in [9.17, 15) is 0 Å². The average molecular weight is 694 g/mol. The van der Waals surface area contributed by atoms with E-state index in [4.69, 9.17) is 0 Å². The molecule has 6 aliphatic carbocycles. The molecule has 6 unspecified atom stereocenters. The summed E-state index contributed by atoms with van der Waals surface area (Å²) in [6, 6.07) is 43.0. The molecule has 0 radical (unpaired) electrons. The molecule has 6 atom stereocenters. The number of hydrogen-bond donors (Lipinski definition) is 0. The monoisotopic (exact) mass is 693 g/mol. The van der Waals surface area contributed by atoms with Crippen LogP contribution >= 0.6 is 0 Å². The number of hydrogen-bond acceptors (Lipinski definition) is 1. The van der Waals surface area contributed by atoms with Gasteiger partial charge in [-0.05, 0) is 170 Å². The Morgan fingerprint density at radius 1 is 0.585 bits per heavy atom. The second kappa shape index (κ2) is 10.3. The van der Waals surface area contributed by atoms with Crippen LogP contribution in [0.3, 0.4) is 0 Å². The van der Waals surface area contributed by atoms with Crippen molar-refractivity contribution < 1.29 is 0 Å². The molecule has 1 heteroatoms. The summed E-state index contributed by atoms with van der Waals surface area (Å²) in [5.74, 6) is 3.65. The zero-order valence-corrected chi connectivity index (χ0v) is 32.9. The number of benzene rings is 5. The van der Waals surface area contributed by atoms with Crippen molar-refractivity contribution in [2.24, 2.45) is 29.1 Å². The summed E-state index contributed by atoms with van der Waals surface area (Å²) in [6.07, 6.45) is 8.33. The van der Waals surface area contributed by atoms with Gasteiger partial charge in [0.15, 0.2) is 0 Å². The molecule has 0 amide bonds. The Kier molecular flexibility index (Phi) is 6.31. The van der Waals surface area contributed by atoms with E-state index in [2.05, 4.69) is 163 Å². The number of anilines is 3. The van der Waals surface area contributed by atoms with Crippen LogP contribution in [0.4, 0.5) is 17.1 Å². The maximum Gasteiger partial charge on any atom is 0.0502 e. The number of rotatable bonds is 4. The first-order chi connectivity index (χ1) is 25.3. The minimum atomic E-state index is 0.0856. The zero-order valence-electron chi connectivity index (χ0n) is 32.9. The summed E-state index contributed by atoms with van der Waals surface area (Å²) in [6.45, 7) is 16.7. The van der Waals surface area contributed by atoms with Gasteiger partial charge in [0.1, 0.15) is 0 Å². The third-order valence-corrected chi connectivity index (χ3v) is 16.1. The van der Waals surface area contributed by atoms with Gasteiger partial charge in [0.25, 0.3) is 0 Å². The van der Waals surface area contributed by atoms with Crippen molar-refractivity contribution in [3.63, 3.8) is 0 Å². The van der Waals surface area contributed by atoms with Crippen molar-refractivity contribution in [1.82, 2.24) is 0 Å². The minimum Gasteiger partial charge on any atom is -0.310 e. The lowest BCUT2D eigenvalue weighted by Crippen LogP contribution is -2.73. The lowest BCUT2D eigenvalue weighted by molar-refractivity contribution is -0.231. The van der Waals surface area contributed by atoms with Gasteiger partial charge in [0, 0.05) is 16.8 Å². The molecule has 0 heterocycles. The van der Waals surface area contributed by atoms with Crippen LogP contribution in [0.5, 0.6) is 0 Å². The van der Waals surface area contributed by atoms with Gasteiger partial charge >= 0.3 is 0 Å². The Morgan fingerprint density at radius 2 is 1.23 bits per heavy atom. The SMILES string of the molecule is CC(C)(C)c1ccc(N(c2ccc(-c3ccc4c(c3)C3(c5ccccc5-4)C4CC5CC6CC3C64C5)cc2)c2cccc3c2C(C)(C)CCC3(C)C)cc1. The van der Waals surface area contributed by atoms with E-state index in [-0.39, 0.29) is 21.7 Å². The molecule has 0 aliphatic heterocycles. The van der Waals surface area contributed by atoms with Crippen molar-refractivity contribution in [1.29, 1.82) is 0 Å².